The largest absolute Gasteiger partial charge is 0.374 e. The molecule has 0 aromatic heterocycles. The highest BCUT2D eigenvalue weighted by Gasteiger charge is 2.12. The molecule has 0 saturated carbocycles. The van der Waals surface area contributed by atoms with Crippen LogP contribution < -0.4 is 10.6 Å². The molecule has 1 atom stereocenters. The van der Waals surface area contributed by atoms with Crippen LogP contribution >= 0.6 is 0 Å². The fourth-order valence-electron chi connectivity index (χ4n) is 2.23. The third kappa shape index (κ3) is 4.35. The molecule has 0 heterocycles. The third-order valence-electron chi connectivity index (χ3n) is 3.77. The number of aryl methyl sites for hydroxylation is 2. The van der Waals surface area contributed by atoms with Crippen molar-refractivity contribution in [2.75, 3.05) is 10.6 Å². The zero-order valence-corrected chi connectivity index (χ0v) is 13.5. The van der Waals surface area contributed by atoms with E-state index in [1.807, 2.05) is 43.3 Å². The van der Waals surface area contributed by atoms with Crippen molar-refractivity contribution >= 4 is 17.3 Å². The summed E-state index contributed by atoms with van der Waals surface area (Å²) in [4.78, 5) is 12.2. The normalized spacial score (nSPS) is 11.8. The highest BCUT2D eigenvalue weighted by Crippen LogP contribution is 2.13. The van der Waals surface area contributed by atoms with Gasteiger partial charge in [0.25, 0.3) is 0 Å². The second kappa shape index (κ2) is 7.64. The van der Waals surface area contributed by atoms with Gasteiger partial charge in [-0.05, 0) is 55.2 Å². The van der Waals surface area contributed by atoms with Crippen molar-refractivity contribution in [1.29, 1.82) is 0 Å². The maximum atomic E-state index is 12.2. The van der Waals surface area contributed by atoms with Crippen LogP contribution in [0.3, 0.4) is 0 Å². The van der Waals surface area contributed by atoms with E-state index in [1.54, 1.807) is 0 Å². The van der Waals surface area contributed by atoms with Crippen molar-refractivity contribution in [3.05, 3.63) is 59.7 Å². The fraction of sp³-hybridized carbons (Fsp3) is 0.316. The van der Waals surface area contributed by atoms with Gasteiger partial charge in [-0.3, -0.25) is 4.79 Å². The molecule has 0 saturated heterocycles. The van der Waals surface area contributed by atoms with E-state index in [2.05, 4.69) is 36.6 Å². The molecule has 116 valence electrons. The van der Waals surface area contributed by atoms with Crippen LogP contribution in [-0.2, 0) is 17.6 Å². The maximum absolute atomic E-state index is 12.2. The molecule has 0 aliphatic rings. The molecular weight excluding hydrogens is 272 g/mol. The molecule has 0 aliphatic heterocycles. The van der Waals surface area contributed by atoms with Crippen molar-refractivity contribution in [2.24, 2.45) is 0 Å². The first kappa shape index (κ1) is 16.1. The number of carbonyl (C=O) groups excluding carboxylic acids is 1. The standard InChI is InChI=1S/C19H24N2O/c1-4-15-6-10-17(11-7-15)20-14(3)19(22)21-18-12-8-16(5-2)9-13-18/h6-14,20H,4-5H2,1-3H3,(H,21,22)/t14-/m1/s1. The average molecular weight is 296 g/mol. The molecule has 0 spiro atoms. The molecule has 2 aromatic carbocycles. The Bertz CT molecular complexity index is 602. The van der Waals surface area contributed by atoms with Crippen LogP contribution in [-0.4, -0.2) is 11.9 Å². The second-order valence-corrected chi connectivity index (χ2v) is 5.46. The summed E-state index contributed by atoms with van der Waals surface area (Å²) in [5, 5.41) is 6.16. The molecule has 0 fully saturated rings. The average Bonchev–Trinajstić information content (AvgIpc) is 2.56. The van der Waals surface area contributed by atoms with Crippen LogP contribution in [0, 0.1) is 0 Å². The summed E-state index contributed by atoms with van der Waals surface area (Å²) in [6.45, 7) is 6.11. The van der Waals surface area contributed by atoms with Gasteiger partial charge in [-0.25, -0.2) is 0 Å². The van der Waals surface area contributed by atoms with Crippen LogP contribution in [0.2, 0.25) is 0 Å². The molecule has 2 aromatic rings. The quantitative estimate of drug-likeness (QED) is 0.836. The Balaban J connectivity index is 1.92. The van der Waals surface area contributed by atoms with Gasteiger partial charge in [0.15, 0.2) is 0 Å². The number of benzene rings is 2. The van der Waals surface area contributed by atoms with Crippen LogP contribution in [0.25, 0.3) is 0 Å². The Morgan fingerprint density at radius 3 is 1.77 bits per heavy atom. The lowest BCUT2D eigenvalue weighted by Crippen LogP contribution is -2.31. The first-order chi connectivity index (χ1) is 10.6. The fourth-order valence-corrected chi connectivity index (χ4v) is 2.23. The summed E-state index contributed by atoms with van der Waals surface area (Å²) in [6, 6.07) is 15.9. The summed E-state index contributed by atoms with van der Waals surface area (Å²) in [5.41, 5.74) is 4.34. The van der Waals surface area contributed by atoms with Crippen molar-refractivity contribution in [1.82, 2.24) is 0 Å². The molecular formula is C19H24N2O. The summed E-state index contributed by atoms with van der Waals surface area (Å²) in [5.74, 6) is -0.0381. The van der Waals surface area contributed by atoms with Crippen LogP contribution in [0.5, 0.6) is 0 Å². The van der Waals surface area contributed by atoms with Gasteiger partial charge in [0.2, 0.25) is 5.91 Å². The summed E-state index contributed by atoms with van der Waals surface area (Å²) >= 11 is 0. The predicted molar refractivity (Wildman–Crippen MR) is 93.4 cm³/mol. The monoisotopic (exact) mass is 296 g/mol. The molecule has 1 amide bonds. The summed E-state index contributed by atoms with van der Waals surface area (Å²) in [7, 11) is 0. The molecule has 0 radical (unpaired) electrons. The van der Waals surface area contributed by atoms with E-state index in [-0.39, 0.29) is 11.9 Å². The minimum Gasteiger partial charge on any atom is -0.374 e. The number of rotatable bonds is 6. The molecule has 0 unspecified atom stereocenters. The van der Waals surface area contributed by atoms with Gasteiger partial charge in [-0.2, -0.15) is 0 Å². The Morgan fingerprint density at radius 2 is 1.32 bits per heavy atom. The van der Waals surface area contributed by atoms with Crippen molar-refractivity contribution in [3.63, 3.8) is 0 Å². The number of amides is 1. The molecule has 3 heteroatoms. The van der Waals surface area contributed by atoms with Crippen molar-refractivity contribution in [3.8, 4) is 0 Å². The first-order valence-electron chi connectivity index (χ1n) is 7.87. The van der Waals surface area contributed by atoms with Gasteiger partial charge >= 0.3 is 0 Å². The number of nitrogens with one attached hydrogen (secondary N) is 2. The highest BCUT2D eigenvalue weighted by molar-refractivity contribution is 5.96. The minimum atomic E-state index is -0.293. The van der Waals surface area contributed by atoms with E-state index in [0.29, 0.717) is 0 Å². The number of hydrogen-bond acceptors (Lipinski definition) is 2. The molecule has 3 nitrogen and oxygen atoms in total. The van der Waals surface area contributed by atoms with E-state index < -0.39 is 0 Å². The third-order valence-corrected chi connectivity index (χ3v) is 3.77. The van der Waals surface area contributed by atoms with E-state index in [4.69, 9.17) is 0 Å². The lowest BCUT2D eigenvalue weighted by atomic mass is 10.1. The van der Waals surface area contributed by atoms with Crippen molar-refractivity contribution in [2.45, 2.75) is 39.7 Å². The van der Waals surface area contributed by atoms with Gasteiger partial charge < -0.3 is 10.6 Å². The molecule has 0 aliphatic carbocycles. The summed E-state index contributed by atoms with van der Waals surface area (Å²) in [6.07, 6.45) is 2.02. The maximum Gasteiger partial charge on any atom is 0.246 e. The Kier molecular flexibility index (Phi) is 5.59. The Labute approximate surface area is 132 Å². The van der Waals surface area contributed by atoms with Crippen LogP contribution in [0.1, 0.15) is 31.9 Å². The zero-order chi connectivity index (χ0) is 15.9. The number of anilines is 2. The van der Waals surface area contributed by atoms with Gasteiger partial charge in [-0.15, -0.1) is 0 Å². The topological polar surface area (TPSA) is 41.1 Å². The zero-order valence-electron chi connectivity index (χ0n) is 13.5. The van der Waals surface area contributed by atoms with Gasteiger partial charge in [0.1, 0.15) is 6.04 Å². The molecule has 2 rings (SSSR count). The van der Waals surface area contributed by atoms with Crippen LogP contribution in [0.4, 0.5) is 11.4 Å². The molecule has 22 heavy (non-hydrogen) atoms. The number of carbonyl (C=O) groups is 1. The van der Waals surface area contributed by atoms with Gasteiger partial charge in [0.05, 0.1) is 0 Å². The Hall–Kier alpha value is -2.29. The van der Waals surface area contributed by atoms with E-state index in [1.165, 1.54) is 11.1 Å². The van der Waals surface area contributed by atoms with E-state index in [0.717, 1.165) is 24.2 Å². The molecule has 0 bridgehead atoms. The highest BCUT2D eigenvalue weighted by atomic mass is 16.2. The van der Waals surface area contributed by atoms with E-state index >= 15 is 0 Å². The SMILES string of the molecule is CCc1ccc(NC(=O)[C@@H](C)Nc2ccc(CC)cc2)cc1. The molecule has 2 N–H and O–H groups in total. The summed E-state index contributed by atoms with van der Waals surface area (Å²) < 4.78 is 0. The predicted octanol–water partition coefficient (Wildman–Crippen LogP) is 4.25. The number of hydrogen-bond donors (Lipinski definition) is 2. The van der Waals surface area contributed by atoms with E-state index in [9.17, 15) is 4.79 Å². The second-order valence-electron chi connectivity index (χ2n) is 5.46. The lowest BCUT2D eigenvalue weighted by molar-refractivity contribution is -0.116. The lowest BCUT2D eigenvalue weighted by Gasteiger charge is -2.15. The van der Waals surface area contributed by atoms with Crippen LogP contribution in [0.15, 0.2) is 48.5 Å². The van der Waals surface area contributed by atoms with Crippen molar-refractivity contribution < 1.29 is 4.79 Å². The first-order valence-corrected chi connectivity index (χ1v) is 7.87. The van der Waals surface area contributed by atoms with Gasteiger partial charge in [0, 0.05) is 11.4 Å². The minimum absolute atomic E-state index is 0.0381. The Morgan fingerprint density at radius 1 is 0.864 bits per heavy atom. The smallest absolute Gasteiger partial charge is 0.246 e. The van der Waals surface area contributed by atoms with Gasteiger partial charge in [-0.1, -0.05) is 38.1 Å².